The molecule has 1 nitrogen and oxygen atoms in total. The number of aryl methyl sites for hydroxylation is 2. The average Bonchev–Trinajstić information content (AvgIpc) is 2.62. The monoisotopic (exact) mass is 329 g/mol. The summed E-state index contributed by atoms with van der Waals surface area (Å²) in [5.74, 6) is 0. The van der Waals surface area contributed by atoms with E-state index in [0.717, 1.165) is 16.0 Å². The van der Waals surface area contributed by atoms with Crippen LogP contribution in [-0.2, 0) is 6.54 Å². The van der Waals surface area contributed by atoms with Gasteiger partial charge in [0.25, 0.3) is 0 Å². The summed E-state index contributed by atoms with van der Waals surface area (Å²) in [5, 5.41) is 6.24. The standard InChI is InChI=1S/C13H13BrClNS/c1-8-3-10(14)4-9(2)13(8)16-6-12-5-11(15)7-17-12/h3-5,7,16H,6H2,1-2H3. The van der Waals surface area contributed by atoms with Gasteiger partial charge in [0, 0.05) is 27.0 Å². The largest absolute Gasteiger partial charge is 0.380 e. The zero-order chi connectivity index (χ0) is 12.4. The van der Waals surface area contributed by atoms with E-state index in [1.54, 1.807) is 11.3 Å². The second kappa shape index (κ2) is 5.42. The first-order valence-electron chi connectivity index (χ1n) is 5.30. The topological polar surface area (TPSA) is 12.0 Å². The van der Waals surface area contributed by atoms with E-state index in [1.807, 2.05) is 11.4 Å². The highest BCUT2D eigenvalue weighted by molar-refractivity contribution is 9.10. The van der Waals surface area contributed by atoms with Gasteiger partial charge in [-0.3, -0.25) is 0 Å². The predicted octanol–water partition coefficient (Wildman–Crippen LogP) is 5.39. The SMILES string of the molecule is Cc1cc(Br)cc(C)c1NCc1cc(Cl)cs1. The van der Waals surface area contributed by atoms with Gasteiger partial charge >= 0.3 is 0 Å². The minimum Gasteiger partial charge on any atom is -0.380 e. The maximum atomic E-state index is 5.90. The molecule has 0 aliphatic carbocycles. The zero-order valence-electron chi connectivity index (χ0n) is 9.68. The third-order valence-electron chi connectivity index (χ3n) is 2.56. The quantitative estimate of drug-likeness (QED) is 0.795. The van der Waals surface area contributed by atoms with Crippen LogP contribution in [0.1, 0.15) is 16.0 Å². The van der Waals surface area contributed by atoms with Crippen molar-refractivity contribution in [1.29, 1.82) is 0 Å². The fraction of sp³-hybridized carbons (Fsp3) is 0.231. The van der Waals surface area contributed by atoms with E-state index in [9.17, 15) is 0 Å². The van der Waals surface area contributed by atoms with E-state index in [1.165, 1.54) is 21.7 Å². The van der Waals surface area contributed by atoms with Crippen molar-refractivity contribution in [2.24, 2.45) is 0 Å². The summed E-state index contributed by atoms with van der Waals surface area (Å²) in [7, 11) is 0. The molecular weight excluding hydrogens is 318 g/mol. The number of nitrogens with one attached hydrogen (secondary N) is 1. The van der Waals surface area contributed by atoms with Crippen molar-refractivity contribution in [3.8, 4) is 0 Å². The molecule has 0 aliphatic rings. The summed E-state index contributed by atoms with van der Waals surface area (Å²) < 4.78 is 1.12. The summed E-state index contributed by atoms with van der Waals surface area (Å²) in [6, 6.07) is 6.25. The Balaban J connectivity index is 2.14. The first-order valence-corrected chi connectivity index (χ1v) is 7.35. The minimum atomic E-state index is 0.816. The average molecular weight is 331 g/mol. The molecule has 2 rings (SSSR count). The Labute approximate surface area is 119 Å². The lowest BCUT2D eigenvalue weighted by Gasteiger charge is -2.12. The third-order valence-corrected chi connectivity index (χ3v) is 4.30. The smallest absolute Gasteiger partial charge is 0.0516 e. The van der Waals surface area contributed by atoms with Crippen molar-refractivity contribution in [3.05, 3.63) is 49.1 Å². The normalized spacial score (nSPS) is 10.6. The van der Waals surface area contributed by atoms with Crippen molar-refractivity contribution in [3.63, 3.8) is 0 Å². The summed E-state index contributed by atoms with van der Waals surface area (Å²) >= 11 is 11.1. The Kier molecular flexibility index (Phi) is 4.13. The van der Waals surface area contributed by atoms with E-state index in [0.29, 0.717) is 0 Å². The van der Waals surface area contributed by atoms with Crippen LogP contribution in [0.4, 0.5) is 5.69 Å². The lowest BCUT2D eigenvalue weighted by Crippen LogP contribution is -2.01. The molecule has 0 amide bonds. The van der Waals surface area contributed by atoms with Crippen LogP contribution in [0.2, 0.25) is 5.02 Å². The number of hydrogen-bond acceptors (Lipinski definition) is 2. The molecule has 0 unspecified atom stereocenters. The second-order valence-corrected chi connectivity index (χ2v) is 6.35. The van der Waals surface area contributed by atoms with Crippen LogP contribution < -0.4 is 5.32 Å². The van der Waals surface area contributed by atoms with E-state index in [-0.39, 0.29) is 0 Å². The molecule has 0 spiro atoms. The van der Waals surface area contributed by atoms with Gasteiger partial charge in [0.05, 0.1) is 5.02 Å². The molecule has 90 valence electrons. The van der Waals surface area contributed by atoms with E-state index in [4.69, 9.17) is 11.6 Å². The van der Waals surface area contributed by atoms with Crippen LogP contribution in [0.25, 0.3) is 0 Å². The van der Waals surface area contributed by atoms with Gasteiger partial charge < -0.3 is 5.32 Å². The van der Waals surface area contributed by atoms with Crippen LogP contribution >= 0.6 is 38.9 Å². The molecule has 17 heavy (non-hydrogen) atoms. The van der Waals surface area contributed by atoms with Crippen LogP contribution in [-0.4, -0.2) is 0 Å². The zero-order valence-corrected chi connectivity index (χ0v) is 12.8. The molecule has 1 N–H and O–H groups in total. The van der Waals surface area contributed by atoms with Crippen LogP contribution in [0.5, 0.6) is 0 Å². The number of halogens is 2. The predicted molar refractivity (Wildman–Crippen MR) is 80.3 cm³/mol. The van der Waals surface area contributed by atoms with Crippen molar-refractivity contribution in [2.75, 3.05) is 5.32 Å². The van der Waals surface area contributed by atoms with Gasteiger partial charge in [-0.1, -0.05) is 27.5 Å². The molecular formula is C13H13BrClNS. The molecule has 0 bridgehead atoms. The lowest BCUT2D eigenvalue weighted by atomic mass is 10.1. The number of anilines is 1. The Hall–Kier alpha value is -0.510. The first kappa shape index (κ1) is 12.9. The molecule has 0 saturated heterocycles. The molecule has 1 aromatic carbocycles. The lowest BCUT2D eigenvalue weighted by molar-refractivity contribution is 1.16. The van der Waals surface area contributed by atoms with Gasteiger partial charge in [0.15, 0.2) is 0 Å². The van der Waals surface area contributed by atoms with Crippen LogP contribution in [0, 0.1) is 13.8 Å². The second-order valence-electron chi connectivity index (χ2n) is 4.00. The molecule has 2 aromatic rings. The summed E-state index contributed by atoms with van der Waals surface area (Å²) in [4.78, 5) is 1.25. The Bertz CT molecular complexity index is 513. The molecule has 1 heterocycles. The van der Waals surface area contributed by atoms with E-state index < -0.39 is 0 Å². The Morgan fingerprint density at radius 3 is 2.41 bits per heavy atom. The number of thiophene rings is 1. The maximum absolute atomic E-state index is 5.90. The third kappa shape index (κ3) is 3.24. The number of hydrogen-bond donors (Lipinski definition) is 1. The van der Waals surface area contributed by atoms with E-state index >= 15 is 0 Å². The van der Waals surface area contributed by atoms with E-state index in [2.05, 4.69) is 47.2 Å². The molecule has 0 saturated carbocycles. The fourth-order valence-corrected chi connectivity index (χ4v) is 3.51. The van der Waals surface area contributed by atoms with Crippen molar-refractivity contribution >= 4 is 44.6 Å². The Morgan fingerprint density at radius 2 is 1.88 bits per heavy atom. The molecule has 0 fully saturated rings. The maximum Gasteiger partial charge on any atom is 0.0516 e. The minimum absolute atomic E-state index is 0.816. The van der Waals surface area contributed by atoms with Crippen molar-refractivity contribution in [2.45, 2.75) is 20.4 Å². The Morgan fingerprint density at radius 1 is 1.24 bits per heavy atom. The van der Waals surface area contributed by atoms with Gasteiger partial charge in [-0.05, 0) is 43.2 Å². The van der Waals surface area contributed by atoms with Crippen molar-refractivity contribution < 1.29 is 0 Å². The molecule has 1 aromatic heterocycles. The molecule has 0 atom stereocenters. The van der Waals surface area contributed by atoms with Gasteiger partial charge in [-0.25, -0.2) is 0 Å². The molecule has 4 heteroatoms. The molecule has 0 aliphatic heterocycles. The fourth-order valence-electron chi connectivity index (χ4n) is 1.81. The number of rotatable bonds is 3. The van der Waals surface area contributed by atoms with Gasteiger partial charge in [-0.2, -0.15) is 0 Å². The van der Waals surface area contributed by atoms with Gasteiger partial charge in [0.1, 0.15) is 0 Å². The first-order chi connectivity index (χ1) is 8.06. The highest BCUT2D eigenvalue weighted by Crippen LogP contribution is 2.26. The van der Waals surface area contributed by atoms with Crippen LogP contribution in [0.15, 0.2) is 28.1 Å². The highest BCUT2D eigenvalue weighted by Gasteiger charge is 2.04. The summed E-state index contributed by atoms with van der Waals surface area (Å²) in [5.41, 5.74) is 3.71. The summed E-state index contributed by atoms with van der Waals surface area (Å²) in [6.45, 7) is 5.05. The molecule has 0 radical (unpaired) electrons. The van der Waals surface area contributed by atoms with Crippen LogP contribution in [0.3, 0.4) is 0 Å². The number of benzene rings is 1. The van der Waals surface area contributed by atoms with Gasteiger partial charge in [-0.15, -0.1) is 11.3 Å². The van der Waals surface area contributed by atoms with Crippen molar-refractivity contribution in [1.82, 2.24) is 0 Å². The van der Waals surface area contributed by atoms with Gasteiger partial charge in [0.2, 0.25) is 0 Å². The summed E-state index contributed by atoms with van der Waals surface area (Å²) in [6.07, 6.45) is 0. The highest BCUT2D eigenvalue weighted by atomic mass is 79.9.